The van der Waals surface area contributed by atoms with Gasteiger partial charge in [0.2, 0.25) is 0 Å². The number of benzene rings is 1. The molecule has 1 aromatic carbocycles. The molecule has 4 heteroatoms. The maximum absolute atomic E-state index is 11.3. The number of halogens is 1. The first kappa shape index (κ1) is 12.6. The first-order valence-corrected chi connectivity index (χ1v) is 5.84. The lowest BCUT2D eigenvalue weighted by Crippen LogP contribution is -2.03. The number of aromatic nitrogens is 1. The van der Waals surface area contributed by atoms with Gasteiger partial charge in [0.25, 0.3) is 0 Å². The van der Waals surface area contributed by atoms with Crippen LogP contribution >= 0.6 is 11.6 Å². The number of aryl methyl sites for hydroxylation is 2. The van der Waals surface area contributed by atoms with E-state index in [9.17, 15) is 9.90 Å². The smallest absolute Gasteiger partial charge is 0.339 e. The zero-order valence-electron chi connectivity index (χ0n) is 10.1. The van der Waals surface area contributed by atoms with E-state index in [2.05, 4.69) is 4.98 Å². The number of rotatable bonds is 2. The molecule has 2 aromatic rings. The van der Waals surface area contributed by atoms with Gasteiger partial charge in [0.1, 0.15) is 10.7 Å². The Labute approximate surface area is 110 Å². The summed E-state index contributed by atoms with van der Waals surface area (Å²) in [6, 6.07) is 7.58. The summed E-state index contributed by atoms with van der Waals surface area (Å²) in [5.74, 6) is -1.07. The van der Waals surface area contributed by atoms with Gasteiger partial charge in [0, 0.05) is 11.8 Å². The second kappa shape index (κ2) is 4.78. The molecule has 0 fully saturated rings. The predicted octanol–water partition coefficient (Wildman–Crippen LogP) is 3.72. The number of nitrogens with zero attached hydrogens (tertiary/aromatic N) is 1. The molecule has 0 aliphatic rings. The SMILES string of the molecule is Cc1ccc(C)c(-c2ccnc(Cl)c2C(=O)O)c1. The monoisotopic (exact) mass is 261 g/mol. The van der Waals surface area contributed by atoms with Crippen molar-refractivity contribution in [1.82, 2.24) is 4.98 Å². The molecule has 2 rings (SSSR count). The average Bonchev–Trinajstić information content (AvgIpc) is 2.31. The highest BCUT2D eigenvalue weighted by Gasteiger charge is 2.17. The van der Waals surface area contributed by atoms with Crippen LogP contribution in [0.4, 0.5) is 0 Å². The summed E-state index contributed by atoms with van der Waals surface area (Å²) < 4.78 is 0. The van der Waals surface area contributed by atoms with Gasteiger partial charge in [-0.3, -0.25) is 0 Å². The minimum Gasteiger partial charge on any atom is -0.478 e. The van der Waals surface area contributed by atoms with Crippen molar-refractivity contribution in [2.45, 2.75) is 13.8 Å². The molecule has 0 saturated carbocycles. The molecular weight excluding hydrogens is 250 g/mol. The quantitative estimate of drug-likeness (QED) is 0.839. The van der Waals surface area contributed by atoms with Gasteiger partial charge in [-0.25, -0.2) is 9.78 Å². The summed E-state index contributed by atoms with van der Waals surface area (Å²) in [5.41, 5.74) is 3.60. The number of hydrogen-bond acceptors (Lipinski definition) is 2. The highest BCUT2D eigenvalue weighted by atomic mass is 35.5. The minimum atomic E-state index is -1.07. The van der Waals surface area contributed by atoms with E-state index >= 15 is 0 Å². The maximum atomic E-state index is 11.3. The average molecular weight is 262 g/mol. The molecule has 92 valence electrons. The number of carboxylic acids is 1. The van der Waals surface area contributed by atoms with Crippen LogP contribution in [0, 0.1) is 13.8 Å². The Bertz CT molecular complexity index is 623. The van der Waals surface area contributed by atoms with E-state index in [-0.39, 0.29) is 10.7 Å². The van der Waals surface area contributed by atoms with Gasteiger partial charge in [0.15, 0.2) is 0 Å². The van der Waals surface area contributed by atoms with Gasteiger partial charge in [-0.1, -0.05) is 35.4 Å². The van der Waals surface area contributed by atoms with Crippen molar-refractivity contribution < 1.29 is 9.90 Å². The van der Waals surface area contributed by atoms with Crippen molar-refractivity contribution in [3.05, 3.63) is 52.3 Å². The normalized spacial score (nSPS) is 10.4. The molecular formula is C14H12ClNO2. The molecule has 18 heavy (non-hydrogen) atoms. The molecule has 0 radical (unpaired) electrons. The van der Waals surface area contributed by atoms with E-state index < -0.39 is 5.97 Å². The number of pyridine rings is 1. The third-order valence-electron chi connectivity index (χ3n) is 2.80. The molecule has 0 unspecified atom stereocenters. The van der Waals surface area contributed by atoms with Crippen LogP contribution < -0.4 is 0 Å². The standard InChI is InChI=1S/C14H12ClNO2/c1-8-3-4-9(2)11(7-8)10-5-6-16-13(15)12(10)14(17)18/h3-7H,1-2H3,(H,17,18). The Morgan fingerprint density at radius 3 is 2.61 bits per heavy atom. The summed E-state index contributed by atoms with van der Waals surface area (Å²) in [5, 5.41) is 9.26. The molecule has 0 atom stereocenters. The number of carbonyl (C=O) groups is 1. The van der Waals surface area contributed by atoms with Crippen LogP contribution in [0.5, 0.6) is 0 Å². The van der Waals surface area contributed by atoms with E-state index in [1.165, 1.54) is 6.20 Å². The van der Waals surface area contributed by atoms with Gasteiger partial charge in [-0.05, 0) is 31.0 Å². The molecule has 0 bridgehead atoms. The lowest BCUT2D eigenvalue weighted by atomic mass is 9.96. The first-order chi connectivity index (χ1) is 8.50. The van der Waals surface area contributed by atoms with Crippen LogP contribution in [0.25, 0.3) is 11.1 Å². The Kier molecular flexibility index (Phi) is 3.34. The van der Waals surface area contributed by atoms with Gasteiger partial charge >= 0.3 is 5.97 Å². The molecule has 0 saturated heterocycles. The zero-order valence-corrected chi connectivity index (χ0v) is 10.8. The highest BCUT2D eigenvalue weighted by molar-refractivity contribution is 6.33. The lowest BCUT2D eigenvalue weighted by molar-refractivity contribution is 0.0697. The summed E-state index contributed by atoms with van der Waals surface area (Å²) in [7, 11) is 0. The summed E-state index contributed by atoms with van der Waals surface area (Å²) in [6.45, 7) is 3.90. The van der Waals surface area contributed by atoms with E-state index in [0.717, 1.165) is 16.7 Å². The van der Waals surface area contributed by atoms with Crippen LogP contribution in [0.2, 0.25) is 5.15 Å². The van der Waals surface area contributed by atoms with Crippen LogP contribution in [0.1, 0.15) is 21.5 Å². The number of carboxylic acid groups (broad SMARTS) is 1. The Balaban J connectivity index is 2.75. The van der Waals surface area contributed by atoms with Crippen molar-refractivity contribution in [2.24, 2.45) is 0 Å². The molecule has 0 spiro atoms. The van der Waals surface area contributed by atoms with Crippen LogP contribution in [-0.4, -0.2) is 16.1 Å². The number of hydrogen-bond donors (Lipinski definition) is 1. The summed E-state index contributed by atoms with van der Waals surface area (Å²) >= 11 is 5.87. The van der Waals surface area contributed by atoms with Crippen molar-refractivity contribution in [2.75, 3.05) is 0 Å². The van der Waals surface area contributed by atoms with Crippen molar-refractivity contribution in [1.29, 1.82) is 0 Å². The van der Waals surface area contributed by atoms with E-state index in [1.54, 1.807) is 6.07 Å². The van der Waals surface area contributed by atoms with Crippen LogP contribution in [0.15, 0.2) is 30.5 Å². The fraction of sp³-hybridized carbons (Fsp3) is 0.143. The third-order valence-corrected chi connectivity index (χ3v) is 3.09. The molecule has 3 nitrogen and oxygen atoms in total. The predicted molar refractivity (Wildman–Crippen MR) is 71.1 cm³/mol. The number of aromatic carboxylic acids is 1. The van der Waals surface area contributed by atoms with Gasteiger partial charge in [-0.2, -0.15) is 0 Å². The van der Waals surface area contributed by atoms with Gasteiger partial charge in [0.05, 0.1) is 0 Å². The highest BCUT2D eigenvalue weighted by Crippen LogP contribution is 2.30. The van der Waals surface area contributed by atoms with Crippen LogP contribution in [0.3, 0.4) is 0 Å². The lowest BCUT2D eigenvalue weighted by Gasteiger charge is -2.11. The van der Waals surface area contributed by atoms with E-state index in [0.29, 0.717) is 5.56 Å². The van der Waals surface area contributed by atoms with Gasteiger partial charge in [-0.15, -0.1) is 0 Å². The molecule has 1 heterocycles. The van der Waals surface area contributed by atoms with Gasteiger partial charge < -0.3 is 5.11 Å². The second-order valence-corrected chi connectivity index (χ2v) is 4.51. The van der Waals surface area contributed by atoms with E-state index in [1.807, 2.05) is 32.0 Å². The Morgan fingerprint density at radius 2 is 1.94 bits per heavy atom. The second-order valence-electron chi connectivity index (χ2n) is 4.15. The van der Waals surface area contributed by atoms with Crippen LogP contribution in [-0.2, 0) is 0 Å². The molecule has 1 aromatic heterocycles. The minimum absolute atomic E-state index is 0.0147. The Hall–Kier alpha value is -1.87. The zero-order chi connectivity index (χ0) is 13.3. The molecule has 0 amide bonds. The Morgan fingerprint density at radius 1 is 1.22 bits per heavy atom. The first-order valence-electron chi connectivity index (χ1n) is 5.46. The largest absolute Gasteiger partial charge is 0.478 e. The molecule has 1 N–H and O–H groups in total. The maximum Gasteiger partial charge on any atom is 0.339 e. The topological polar surface area (TPSA) is 50.2 Å². The van der Waals surface area contributed by atoms with Crippen molar-refractivity contribution >= 4 is 17.6 Å². The van der Waals surface area contributed by atoms with E-state index in [4.69, 9.17) is 11.6 Å². The molecule has 0 aliphatic carbocycles. The van der Waals surface area contributed by atoms with Crippen molar-refractivity contribution in [3.8, 4) is 11.1 Å². The third kappa shape index (κ3) is 2.22. The fourth-order valence-electron chi connectivity index (χ4n) is 1.89. The fourth-order valence-corrected chi connectivity index (χ4v) is 2.13. The molecule has 0 aliphatic heterocycles. The summed E-state index contributed by atoms with van der Waals surface area (Å²) in [4.78, 5) is 15.1. The van der Waals surface area contributed by atoms with Crippen molar-refractivity contribution in [3.63, 3.8) is 0 Å². The summed E-state index contributed by atoms with van der Waals surface area (Å²) in [6.07, 6.45) is 1.52.